The second-order valence-corrected chi connectivity index (χ2v) is 14.5. The van der Waals surface area contributed by atoms with E-state index in [4.69, 9.17) is 17.5 Å². The Kier molecular flexibility index (Phi) is 18.8. The number of nitriles is 1. The number of hydroxylamine groups is 7. The van der Waals surface area contributed by atoms with Gasteiger partial charge in [-0.25, -0.2) is 15.6 Å². The van der Waals surface area contributed by atoms with Crippen LogP contribution in [0.3, 0.4) is 0 Å². The fourth-order valence-electron chi connectivity index (χ4n) is 5.22. The largest absolute Gasteiger partial charge is 0.360 e. The number of rotatable bonds is 20. The molecule has 0 heterocycles. The predicted octanol–water partition coefficient (Wildman–Crippen LogP) is 3.61. The number of thioether (sulfide) groups is 1. The molecular formula is C32H50N8O9S2. The van der Waals surface area contributed by atoms with E-state index in [0.717, 1.165) is 22.3 Å². The van der Waals surface area contributed by atoms with Crippen LogP contribution in [0, 0.1) is 16.6 Å². The summed E-state index contributed by atoms with van der Waals surface area (Å²) in [6.45, 7) is 11.6. The van der Waals surface area contributed by atoms with Crippen LogP contribution in [-0.4, -0.2) is 89.3 Å². The molecule has 0 saturated heterocycles. The number of thiocyanates is 1. The molecule has 0 saturated carbocycles. The van der Waals surface area contributed by atoms with Gasteiger partial charge in [0.2, 0.25) is 23.6 Å². The first-order chi connectivity index (χ1) is 23.7. The normalized spacial score (nSPS) is 12.4. The molecule has 2 unspecified atom stereocenters. The van der Waals surface area contributed by atoms with Crippen LogP contribution in [0.1, 0.15) is 93.4 Å². The molecule has 1 rings (SSSR count). The molecule has 0 aliphatic rings. The number of benzene rings is 1. The molecule has 1 aromatic rings. The summed E-state index contributed by atoms with van der Waals surface area (Å²) in [4.78, 5) is 66.0. The summed E-state index contributed by atoms with van der Waals surface area (Å²) in [7, 11) is 0. The first-order valence-electron chi connectivity index (χ1n) is 16.2. The molecule has 0 fully saturated rings. The topological polar surface area (TPSA) is 237 Å². The van der Waals surface area contributed by atoms with Gasteiger partial charge in [-0.05, 0) is 101 Å². The van der Waals surface area contributed by atoms with E-state index in [1.54, 1.807) is 52.0 Å². The number of amides is 5. The summed E-state index contributed by atoms with van der Waals surface area (Å²) in [6, 6.07) is 7.15. The number of hydrogen-bond acceptors (Lipinski definition) is 12. The fraction of sp³-hybridized carbons (Fsp3) is 0.594. The second-order valence-electron chi connectivity index (χ2n) is 13.3. The van der Waals surface area contributed by atoms with Crippen molar-refractivity contribution in [1.29, 1.82) is 5.26 Å². The molecule has 0 spiro atoms. The van der Waals surface area contributed by atoms with Crippen LogP contribution >= 0.6 is 24.0 Å². The molecule has 19 heteroatoms. The summed E-state index contributed by atoms with van der Waals surface area (Å²) in [6.07, 6.45) is -0.185. The minimum Gasteiger partial charge on any atom is -0.360 e. The lowest BCUT2D eigenvalue weighted by Gasteiger charge is -2.39. The van der Waals surface area contributed by atoms with Crippen molar-refractivity contribution in [2.45, 2.75) is 115 Å². The third-order valence-corrected chi connectivity index (χ3v) is 8.20. The molecule has 0 aliphatic carbocycles. The van der Waals surface area contributed by atoms with Crippen molar-refractivity contribution in [3.8, 4) is 5.40 Å². The Morgan fingerprint density at radius 2 is 1.57 bits per heavy atom. The van der Waals surface area contributed by atoms with Crippen molar-refractivity contribution >= 4 is 64.3 Å². The van der Waals surface area contributed by atoms with Crippen molar-refractivity contribution in [3.63, 3.8) is 0 Å². The van der Waals surface area contributed by atoms with Gasteiger partial charge in [0.1, 0.15) is 5.40 Å². The molecule has 0 radical (unpaired) electrons. The average molecular weight is 755 g/mol. The molecule has 51 heavy (non-hydrogen) atoms. The van der Waals surface area contributed by atoms with Crippen LogP contribution in [-0.2, 0) is 28.9 Å². The van der Waals surface area contributed by atoms with Gasteiger partial charge in [-0.2, -0.15) is 5.26 Å². The summed E-state index contributed by atoms with van der Waals surface area (Å²) in [5.74, 6) is -3.90. The lowest BCUT2D eigenvalue weighted by atomic mass is 9.86. The van der Waals surface area contributed by atoms with Crippen molar-refractivity contribution < 1.29 is 44.5 Å². The number of carbonyl (C=O) groups is 5. The number of hydrogen-bond donors (Lipinski definition) is 7. The SMILES string of the molecule is CCC(CC(C)CN(O)C(=O)CCC(=O)NON(O)C(=O)CCC(=O)NC(C)(C)CC(C)(C)N(O)C(C)=O)NC(=S)Nc1ccc(SC#N)cc1. The zero-order valence-electron chi connectivity index (χ0n) is 30.0. The van der Waals surface area contributed by atoms with E-state index in [-0.39, 0.29) is 43.0 Å². The van der Waals surface area contributed by atoms with Crippen molar-refractivity contribution in [2.75, 3.05) is 11.9 Å². The summed E-state index contributed by atoms with van der Waals surface area (Å²) >= 11 is 6.47. The van der Waals surface area contributed by atoms with E-state index in [1.165, 1.54) is 6.92 Å². The van der Waals surface area contributed by atoms with Crippen LogP contribution in [0.4, 0.5) is 5.69 Å². The standard InChI is InChI=1S/C32H50N8O9S2/c1-8-23(34-30(50)35-24-9-11-25(12-10-24)51-20-33)17-21(2)18-38(46)28(44)15-14-27(43)37-49-40(48)29(45)16-13-26(42)36-31(4,5)19-32(6,7)39(47)22(3)41/h9-12,21,23,46-48H,8,13-19H2,1-7H3,(H,36,42)(H,37,43)(H2,34,35,50). The fourth-order valence-corrected chi connectivity index (χ4v) is 5.89. The van der Waals surface area contributed by atoms with E-state index < -0.39 is 53.5 Å². The smallest absolute Gasteiger partial charge is 0.276 e. The van der Waals surface area contributed by atoms with Crippen molar-refractivity contribution in [1.82, 2.24) is 31.5 Å². The molecule has 1 aromatic carbocycles. The Balaban J connectivity index is 2.40. The summed E-state index contributed by atoms with van der Waals surface area (Å²) < 4.78 is 0. The Morgan fingerprint density at radius 3 is 2.14 bits per heavy atom. The minimum absolute atomic E-state index is 0.00687. The monoisotopic (exact) mass is 754 g/mol. The van der Waals surface area contributed by atoms with Gasteiger partial charge in [0.25, 0.3) is 5.91 Å². The second kappa shape index (κ2) is 21.3. The van der Waals surface area contributed by atoms with Gasteiger partial charge in [-0.3, -0.25) is 39.6 Å². The molecule has 5 amide bonds. The Bertz CT molecular complexity index is 1410. The molecule has 0 aliphatic heterocycles. The van der Waals surface area contributed by atoms with E-state index in [0.29, 0.717) is 28.1 Å². The van der Waals surface area contributed by atoms with Crippen LogP contribution in [0.25, 0.3) is 0 Å². The third kappa shape index (κ3) is 17.6. The molecule has 0 bridgehead atoms. The first kappa shape index (κ1) is 45.0. The van der Waals surface area contributed by atoms with E-state index in [9.17, 15) is 39.6 Å². The van der Waals surface area contributed by atoms with E-state index in [2.05, 4.69) is 20.9 Å². The average Bonchev–Trinajstić information content (AvgIpc) is 3.04. The van der Waals surface area contributed by atoms with Gasteiger partial charge in [0, 0.05) is 54.8 Å². The Labute approximate surface area is 307 Å². The van der Waals surface area contributed by atoms with E-state index >= 15 is 0 Å². The van der Waals surface area contributed by atoms with Crippen molar-refractivity contribution in [2.24, 2.45) is 5.92 Å². The molecule has 17 nitrogen and oxygen atoms in total. The maximum atomic E-state index is 12.4. The maximum absolute atomic E-state index is 12.4. The van der Waals surface area contributed by atoms with Gasteiger partial charge < -0.3 is 16.0 Å². The van der Waals surface area contributed by atoms with Crippen LogP contribution in [0.15, 0.2) is 29.2 Å². The highest BCUT2D eigenvalue weighted by Gasteiger charge is 2.36. The third-order valence-electron chi connectivity index (χ3n) is 7.38. The molecule has 284 valence electrons. The lowest BCUT2D eigenvalue weighted by Crippen LogP contribution is -2.54. The number of carbonyl (C=O) groups excluding carboxylic acids is 5. The van der Waals surface area contributed by atoms with Gasteiger partial charge in [0.05, 0.1) is 12.1 Å². The molecule has 7 N–H and O–H groups in total. The summed E-state index contributed by atoms with van der Waals surface area (Å²) in [5.41, 5.74) is 0.694. The number of anilines is 1. The lowest BCUT2D eigenvalue weighted by molar-refractivity contribution is -0.338. The highest BCUT2D eigenvalue weighted by atomic mass is 32.2. The minimum atomic E-state index is -1.05. The molecule has 2 atom stereocenters. The van der Waals surface area contributed by atoms with E-state index in [1.807, 2.05) is 24.7 Å². The van der Waals surface area contributed by atoms with Gasteiger partial charge in [-0.1, -0.05) is 19.1 Å². The van der Waals surface area contributed by atoms with Crippen LogP contribution in [0.5, 0.6) is 0 Å². The highest BCUT2D eigenvalue weighted by molar-refractivity contribution is 8.03. The predicted molar refractivity (Wildman–Crippen MR) is 190 cm³/mol. The quantitative estimate of drug-likeness (QED) is 0.0331. The highest BCUT2D eigenvalue weighted by Crippen LogP contribution is 2.25. The van der Waals surface area contributed by atoms with Gasteiger partial charge in [0.15, 0.2) is 5.11 Å². The van der Waals surface area contributed by atoms with Gasteiger partial charge in [-0.15, -0.1) is 4.94 Å². The summed E-state index contributed by atoms with van der Waals surface area (Å²) in [5, 5.41) is 51.1. The zero-order chi connectivity index (χ0) is 38.9. The van der Waals surface area contributed by atoms with Crippen LogP contribution < -0.4 is 21.4 Å². The number of nitrogens with zero attached hydrogens (tertiary/aromatic N) is 4. The Hall–Kier alpha value is -4.06. The Morgan fingerprint density at radius 1 is 0.980 bits per heavy atom. The first-order valence-corrected chi connectivity index (χ1v) is 17.4. The number of thiocarbonyl (C=S) groups is 1. The van der Waals surface area contributed by atoms with Crippen LogP contribution in [0.2, 0.25) is 0 Å². The van der Waals surface area contributed by atoms with Gasteiger partial charge >= 0.3 is 0 Å². The maximum Gasteiger partial charge on any atom is 0.276 e. The number of nitrogens with one attached hydrogen (secondary N) is 4. The van der Waals surface area contributed by atoms with Crippen molar-refractivity contribution in [3.05, 3.63) is 24.3 Å². The molecule has 0 aromatic heterocycles. The zero-order valence-corrected chi connectivity index (χ0v) is 31.7. The molecular weight excluding hydrogens is 705 g/mol.